The third-order valence-corrected chi connectivity index (χ3v) is 7.17. The van der Waals surface area contributed by atoms with Gasteiger partial charge in [-0.15, -0.1) is 0 Å². The van der Waals surface area contributed by atoms with Crippen LogP contribution in [0.1, 0.15) is 52.0 Å². The molecule has 6 nitrogen and oxygen atoms in total. The zero-order chi connectivity index (χ0) is 19.5. The summed E-state index contributed by atoms with van der Waals surface area (Å²) in [6.45, 7) is 8.22. The second kappa shape index (κ2) is 6.60. The van der Waals surface area contributed by atoms with E-state index in [9.17, 15) is 5.11 Å². The Morgan fingerprint density at radius 3 is 3.11 bits per heavy atom. The minimum atomic E-state index is -0.626. The lowest BCUT2D eigenvalue weighted by atomic mass is 9.62. The number of fused-ring (bicyclic) bond motifs is 5. The van der Waals surface area contributed by atoms with Gasteiger partial charge >= 0.3 is 7.05 Å². The first kappa shape index (κ1) is 18.2. The van der Waals surface area contributed by atoms with Crippen molar-refractivity contribution >= 4 is 29.3 Å². The Labute approximate surface area is 166 Å². The molecule has 1 aliphatic carbocycles. The highest BCUT2D eigenvalue weighted by Crippen LogP contribution is 2.43. The highest BCUT2D eigenvalue weighted by molar-refractivity contribution is 6.67. The molecular formula is C21H29BN4O2. The van der Waals surface area contributed by atoms with Crippen molar-refractivity contribution in [3.8, 4) is 0 Å². The third-order valence-electron chi connectivity index (χ3n) is 7.17. The highest BCUT2D eigenvalue weighted by Gasteiger charge is 2.46. The van der Waals surface area contributed by atoms with Crippen LogP contribution >= 0.6 is 0 Å². The molecule has 4 heterocycles. The summed E-state index contributed by atoms with van der Waals surface area (Å²) in [6, 6.07) is 2.09. The molecule has 2 aromatic rings. The SMILES string of the molecule is CC(C)C1(O)CC[C@@H](C)[C@H](C2=NN3CCCOB3c3cnc4[nH]ccc4c32)C1. The van der Waals surface area contributed by atoms with Gasteiger partial charge in [0.2, 0.25) is 0 Å². The molecule has 0 bridgehead atoms. The Morgan fingerprint density at radius 2 is 2.29 bits per heavy atom. The molecule has 3 atom stereocenters. The lowest BCUT2D eigenvalue weighted by Gasteiger charge is -2.45. The van der Waals surface area contributed by atoms with E-state index < -0.39 is 5.60 Å². The van der Waals surface area contributed by atoms with Gasteiger partial charge < -0.3 is 19.7 Å². The van der Waals surface area contributed by atoms with Gasteiger partial charge in [-0.25, -0.2) is 4.98 Å². The number of aliphatic hydroxyl groups is 1. The van der Waals surface area contributed by atoms with E-state index >= 15 is 0 Å². The molecule has 148 valence electrons. The lowest BCUT2D eigenvalue weighted by Crippen LogP contribution is -2.58. The summed E-state index contributed by atoms with van der Waals surface area (Å²) >= 11 is 0. The molecule has 2 N–H and O–H groups in total. The quantitative estimate of drug-likeness (QED) is 0.786. The van der Waals surface area contributed by atoms with Crippen molar-refractivity contribution in [3.63, 3.8) is 0 Å². The molecule has 0 aromatic carbocycles. The van der Waals surface area contributed by atoms with E-state index in [1.54, 1.807) is 0 Å². The fraction of sp³-hybridized carbons (Fsp3) is 0.619. The average molecular weight is 380 g/mol. The molecule has 1 saturated carbocycles. The number of rotatable bonds is 2. The van der Waals surface area contributed by atoms with E-state index in [-0.39, 0.29) is 18.9 Å². The zero-order valence-corrected chi connectivity index (χ0v) is 17.0. The molecule has 1 unspecified atom stereocenters. The first-order chi connectivity index (χ1) is 13.5. The fourth-order valence-electron chi connectivity index (χ4n) is 5.18. The molecule has 7 heteroatoms. The van der Waals surface area contributed by atoms with Crippen LogP contribution in [0.25, 0.3) is 11.0 Å². The summed E-state index contributed by atoms with van der Waals surface area (Å²) in [5.41, 5.74) is 3.65. The largest absolute Gasteiger partial charge is 0.471 e. The van der Waals surface area contributed by atoms with Crippen molar-refractivity contribution in [2.24, 2.45) is 22.9 Å². The van der Waals surface area contributed by atoms with E-state index in [0.717, 1.165) is 61.0 Å². The lowest BCUT2D eigenvalue weighted by molar-refractivity contribution is -0.0564. The molecule has 1 saturated heterocycles. The van der Waals surface area contributed by atoms with Crippen molar-refractivity contribution < 1.29 is 9.76 Å². The Hall–Kier alpha value is -1.86. The number of hydrazone groups is 1. The van der Waals surface area contributed by atoms with Crippen molar-refractivity contribution in [1.82, 2.24) is 14.9 Å². The molecule has 5 rings (SSSR count). The zero-order valence-electron chi connectivity index (χ0n) is 17.0. The van der Waals surface area contributed by atoms with E-state index in [1.165, 1.54) is 5.56 Å². The van der Waals surface area contributed by atoms with Crippen LogP contribution in [-0.2, 0) is 4.65 Å². The number of H-pyrrole nitrogens is 1. The number of hydrogen-bond donors (Lipinski definition) is 2. The van der Waals surface area contributed by atoms with Crippen LogP contribution in [0.15, 0.2) is 23.6 Å². The summed E-state index contributed by atoms with van der Waals surface area (Å²) in [6.07, 6.45) is 7.53. The first-order valence-electron chi connectivity index (χ1n) is 10.6. The Kier molecular flexibility index (Phi) is 4.28. The average Bonchev–Trinajstić information content (AvgIpc) is 3.18. The summed E-state index contributed by atoms with van der Waals surface area (Å²) < 4.78 is 6.09. The number of nitrogens with one attached hydrogen (secondary N) is 1. The van der Waals surface area contributed by atoms with Crippen molar-refractivity contribution in [2.75, 3.05) is 13.2 Å². The van der Waals surface area contributed by atoms with Gasteiger partial charge in [-0.05, 0) is 43.6 Å². The molecular weight excluding hydrogens is 351 g/mol. The van der Waals surface area contributed by atoms with Gasteiger partial charge in [0.1, 0.15) is 5.65 Å². The first-order valence-corrected chi connectivity index (χ1v) is 10.6. The van der Waals surface area contributed by atoms with Gasteiger partial charge in [0, 0.05) is 47.9 Å². The van der Waals surface area contributed by atoms with Crippen LogP contribution in [0.2, 0.25) is 0 Å². The van der Waals surface area contributed by atoms with Gasteiger partial charge in [-0.1, -0.05) is 20.8 Å². The van der Waals surface area contributed by atoms with Crippen LogP contribution in [0, 0.1) is 17.8 Å². The molecule has 0 spiro atoms. The predicted molar refractivity (Wildman–Crippen MR) is 112 cm³/mol. The normalized spacial score (nSPS) is 30.4. The molecule has 0 amide bonds. The maximum Gasteiger partial charge on any atom is 0.471 e. The molecule has 0 radical (unpaired) electrons. The Balaban J connectivity index is 1.66. The van der Waals surface area contributed by atoms with Crippen LogP contribution in [-0.4, -0.2) is 51.5 Å². The predicted octanol–water partition coefficient (Wildman–Crippen LogP) is 2.52. The number of nitrogens with zero attached hydrogens (tertiary/aromatic N) is 3. The number of aromatic amines is 1. The number of aromatic nitrogens is 2. The number of pyridine rings is 1. The van der Waals surface area contributed by atoms with Crippen molar-refractivity contribution in [2.45, 2.75) is 52.1 Å². The smallest absolute Gasteiger partial charge is 0.412 e. The van der Waals surface area contributed by atoms with Gasteiger partial charge in [0.25, 0.3) is 0 Å². The second-order valence-corrected chi connectivity index (χ2v) is 9.14. The van der Waals surface area contributed by atoms with Gasteiger partial charge in [0.15, 0.2) is 0 Å². The highest BCUT2D eigenvalue weighted by atomic mass is 16.4. The van der Waals surface area contributed by atoms with Gasteiger partial charge in [-0.3, -0.25) is 0 Å². The summed E-state index contributed by atoms with van der Waals surface area (Å²) in [5, 5.41) is 17.6. The van der Waals surface area contributed by atoms with E-state index in [1.807, 2.05) is 12.4 Å². The monoisotopic (exact) mass is 380 g/mol. The maximum atomic E-state index is 11.3. The van der Waals surface area contributed by atoms with E-state index in [4.69, 9.17) is 9.76 Å². The third kappa shape index (κ3) is 2.71. The molecule has 28 heavy (non-hydrogen) atoms. The summed E-state index contributed by atoms with van der Waals surface area (Å²) in [5.74, 6) is 0.945. The maximum absolute atomic E-state index is 11.3. The Morgan fingerprint density at radius 1 is 1.43 bits per heavy atom. The van der Waals surface area contributed by atoms with Crippen molar-refractivity contribution in [3.05, 3.63) is 24.0 Å². The van der Waals surface area contributed by atoms with Crippen LogP contribution in [0.3, 0.4) is 0 Å². The molecule has 3 aliphatic rings. The van der Waals surface area contributed by atoms with Crippen LogP contribution in [0.4, 0.5) is 0 Å². The standard InChI is InChI=1S/C21H29BN4O2/c1-13(2)21(27)7-5-14(3)16(11-21)19-18-15-6-8-23-20(15)24-12-17(18)22-26(25-19)9-4-10-28-22/h6,8,12-14,16,27H,4-5,7,9-11H2,1-3H3,(H,23,24)/t14-,16-,21?/m1/s1. The van der Waals surface area contributed by atoms with Crippen LogP contribution < -0.4 is 5.46 Å². The second-order valence-electron chi connectivity index (χ2n) is 9.14. The van der Waals surface area contributed by atoms with E-state index in [0.29, 0.717) is 5.92 Å². The molecule has 2 aliphatic heterocycles. The minimum absolute atomic E-state index is 0.151. The molecule has 2 aromatic heterocycles. The number of hydrogen-bond acceptors (Lipinski definition) is 5. The van der Waals surface area contributed by atoms with Crippen LogP contribution in [0.5, 0.6) is 0 Å². The molecule has 2 fully saturated rings. The topological polar surface area (TPSA) is 73.7 Å². The van der Waals surface area contributed by atoms with E-state index in [2.05, 4.69) is 41.7 Å². The van der Waals surface area contributed by atoms with Crippen molar-refractivity contribution in [1.29, 1.82) is 0 Å². The Bertz CT molecular complexity index is 926. The summed E-state index contributed by atoms with van der Waals surface area (Å²) in [4.78, 5) is 9.97. The van der Waals surface area contributed by atoms with Gasteiger partial charge in [0.05, 0.1) is 11.3 Å². The van der Waals surface area contributed by atoms with Gasteiger partial charge in [-0.2, -0.15) is 5.10 Å². The minimum Gasteiger partial charge on any atom is -0.412 e. The summed E-state index contributed by atoms with van der Waals surface area (Å²) in [7, 11) is -0.151. The fourth-order valence-corrected chi connectivity index (χ4v) is 5.18.